The Kier molecular flexibility index (Phi) is 4.04. The molecule has 0 heterocycles. The lowest BCUT2D eigenvalue weighted by Crippen LogP contribution is -2.49. The number of hydrogen-bond acceptors (Lipinski definition) is 3. The summed E-state index contributed by atoms with van der Waals surface area (Å²) in [4.78, 5) is 0. The summed E-state index contributed by atoms with van der Waals surface area (Å²) in [5.74, 6) is -0.412. The lowest BCUT2D eigenvalue weighted by atomic mass is 9.75. The molecule has 1 aromatic carbocycles. The van der Waals surface area contributed by atoms with Gasteiger partial charge in [0, 0.05) is 23.2 Å². The zero-order valence-electron chi connectivity index (χ0n) is 11.1. The van der Waals surface area contributed by atoms with E-state index in [-0.39, 0.29) is 17.2 Å². The first-order valence-electron chi connectivity index (χ1n) is 6.61. The first kappa shape index (κ1) is 13.8. The van der Waals surface area contributed by atoms with Crippen LogP contribution in [0.3, 0.4) is 0 Å². The van der Waals surface area contributed by atoms with Gasteiger partial charge in [-0.2, -0.15) is 0 Å². The van der Waals surface area contributed by atoms with Crippen LogP contribution >= 0.6 is 0 Å². The third-order valence-electron chi connectivity index (χ3n) is 4.10. The second-order valence-electron chi connectivity index (χ2n) is 5.13. The molecule has 1 aliphatic carbocycles. The van der Waals surface area contributed by atoms with Crippen LogP contribution in [0, 0.1) is 5.82 Å². The Morgan fingerprint density at radius 1 is 1.53 bits per heavy atom. The average molecular weight is 265 g/mol. The van der Waals surface area contributed by atoms with Crippen molar-refractivity contribution in [1.29, 1.82) is 0 Å². The quantitative estimate of drug-likeness (QED) is 0.331. The molecular formula is C14H20FN3O. The smallest absolute Gasteiger partial charge is 0.170 e. The Balaban J connectivity index is 2.05. The minimum absolute atomic E-state index is 0.0811. The van der Waals surface area contributed by atoms with Crippen molar-refractivity contribution >= 4 is 5.84 Å². The highest BCUT2D eigenvalue weighted by atomic mass is 19.1. The predicted octanol–water partition coefficient (Wildman–Crippen LogP) is 2.34. The van der Waals surface area contributed by atoms with E-state index in [9.17, 15) is 4.39 Å². The van der Waals surface area contributed by atoms with Crippen molar-refractivity contribution in [3.8, 4) is 0 Å². The summed E-state index contributed by atoms with van der Waals surface area (Å²) in [5.41, 5.74) is 6.61. The molecule has 4 N–H and O–H groups in total. The highest BCUT2D eigenvalue weighted by Gasteiger charge is 2.34. The van der Waals surface area contributed by atoms with E-state index in [0.29, 0.717) is 17.7 Å². The number of nitrogens with two attached hydrogens (primary N) is 1. The van der Waals surface area contributed by atoms with E-state index in [2.05, 4.69) is 17.4 Å². The minimum atomic E-state index is -0.331. The van der Waals surface area contributed by atoms with Crippen LogP contribution in [-0.2, 0) is 6.54 Å². The molecule has 0 saturated heterocycles. The Morgan fingerprint density at radius 2 is 2.26 bits per heavy atom. The Bertz CT molecular complexity index is 478. The highest BCUT2D eigenvalue weighted by Crippen LogP contribution is 2.34. The Hall–Kier alpha value is -1.62. The van der Waals surface area contributed by atoms with E-state index < -0.39 is 0 Å². The van der Waals surface area contributed by atoms with Gasteiger partial charge in [0.2, 0.25) is 0 Å². The van der Waals surface area contributed by atoms with Gasteiger partial charge in [0.25, 0.3) is 0 Å². The van der Waals surface area contributed by atoms with E-state index in [1.807, 2.05) is 0 Å². The van der Waals surface area contributed by atoms with Crippen molar-refractivity contribution in [3.05, 3.63) is 35.1 Å². The molecule has 0 atom stereocenters. The molecule has 5 heteroatoms. The number of oxime groups is 1. The lowest BCUT2D eigenvalue weighted by Gasteiger charge is -2.42. The summed E-state index contributed by atoms with van der Waals surface area (Å²) < 4.78 is 13.9. The molecule has 1 aliphatic rings. The zero-order chi connectivity index (χ0) is 13.9. The summed E-state index contributed by atoms with van der Waals surface area (Å²) in [5, 5.41) is 14.9. The summed E-state index contributed by atoms with van der Waals surface area (Å²) in [6.45, 7) is 2.67. The van der Waals surface area contributed by atoms with E-state index >= 15 is 0 Å². The van der Waals surface area contributed by atoms with Crippen molar-refractivity contribution in [1.82, 2.24) is 5.32 Å². The van der Waals surface area contributed by atoms with Gasteiger partial charge >= 0.3 is 0 Å². The maximum Gasteiger partial charge on any atom is 0.170 e. The number of benzene rings is 1. The van der Waals surface area contributed by atoms with Crippen LogP contribution in [0.1, 0.15) is 43.7 Å². The molecule has 104 valence electrons. The maximum absolute atomic E-state index is 13.9. The average Bonchev–Trinajstić information content (AvgIpc) is 2.38. The van der Waals surface area contributed by atoms with Crippen molar-refractivity contribution in [2.75, 3.05) is 0 Å². The molecule has 0 aliphatic heterocycles. The fourth-order valence-corrected chi connectivity index (χ4v) is 2.45. The summed E-state index contributed by atoms with van der Waals surface area (Å²) in [6, 6.07) is 4.64. The van der Waals surface area contributed by atoms with Crippen LogP contribution in [-0.4, -0.2) is 16.6 Å². The third kappa shape index (κ3) is 2.87. The Morgan fingerprint density at radius 3 is 2.74 bits per heavy atom. The van der Waals surface area contributed by atoms with Gasteiger partial charge in [0.15, 0.2) is 5.84 Å². The monoisotopic (exact) mass is 265 g/mol. The van der Waals surface area contributed by atoms with E-state index in [1.54, 1.807) is 12.1 Å². The standard InChI is InChI=1S/C14H20FN3O/c1-2-14(6-3-7-14)17-9-11-5-4-10(8-12(11)15)13(16)18-19/h4-5,8,17,19H,2-3,6-7,9H2,1H3,(H2,16,18). The van der Waals surface area contributed by atoms with Gasteiger partial charge in [-0.25, -0.2) is 4.39 Å². The fourth-order valence-electron chi connectivity index (χ4n) is 2.45. The van der Waals surface area contributed by atoms with Crippen molar-refractivity contribution in [2.45, 2.75) is 44.7 Å². The predicted molar refractivity (Wildman–Crippen MR) is 72.6 cm³/mol. The van der Waals surface area contributed by atoms with Crippen LogP contribution in [0.5, 0.6) is 0 Å². The van der Waals surface area contributed by atoms with Gasteiger partial charge in [-0.1, -0.05) is 24.2 Å². The molecule has 0 spiro atoms. The van der Waals surface area contributed by atoms with Crippen LogP contribution in [0.4, 0.5) is 4.39 Å². The van der Waals surface area contributed by atoms with Gasteiger partial charge in [-0.3, -0.25) is 0 Å². The van der Waals surface area contributed by atoms with Gasteiger partial charge in [-0.15, -0.1) is 0 Å². The second-order valence-corrected chi connectivity index (χ2v) is 5.13. The van der Waals surface area contributed by atoms with Crippen LogP contribution < -0.4 is 11.1 Å². The summed E-state index contributed by atoms with van der Waals surface area (Å²) >= 11 is 0. The molecule has 1 aromatic rings. The van der Waals surface area contributed by atoms with Crippen LogP contribution in [0.2, 0.25) is 0 Å². The molecule has 4 nitrogen and oxygen atoms in total. The van der Waals surface area contributed by atoms with E-state index in [0.717, 1.165) is 19.3 Å². The number of halogens is 1. The lowest BCUT2D eigenvalue weighted by molar-refractivity contribution is 0.175. The molecule has 0 unspecified atom stereocenters. The fraction of sp³-hybridized carbons (Fsp3) is 0.500. The zero-order valence-corrected chi connectivity index (χ0v) is 11.1. The third-order valence-corrected chi connectivity index (χ3v) is 4.10. The molecule has 0 aromatic heterocycles. The molecule has 2 rings (SSSR count). The SMILES string of the molecule is CCC1(NCc2ccc(/C(N)=N/O)cc2F)CCC1. The number of rotatable bonds is 5. The molecule has 0 amide bonds. The first-order valence-corrected chi connectivity index (χ1v) is 6.61. The van der Waals surface area contributed by atoms with Crippen molar-refractivity contribution in [3.63, 3.8) is 0 Å². The molecule has 0 radical (unpaired) electrons. The molecule has 1 fully saturated rings. The van der Waals surface area contributed by atoms with Gasteiger partial charge in [0.1, 0.15) is 5.82 Å². The molecule has 19 heavy (non-hydrogen) atoms. The number of amidine groups is 1. The van der Waals surface area contributed by atoms with Crippen LogP contribution in [0.25, 0.3) is 0 Å². The first-order chi connectivity index (χ1) is 9.10. The van der Waals surface area contributed by atoms with Crippen molar-refractivity contribution < 1.29 is 9.60 Å². The normalized spacial score (nSPS) is 18.1. The molecular weight excluding hydrogens is 245 g/mol. The van der Waals surface area contributed by atoms with Gasteiger partial charge in [0.05, 0.1) is 0 Å². The van der Waals surface area contributed by atoms with E-state index in [1.165, 1.54) is 12.5 Å². The van der Waals surface area contributed by atoms with E-state index in [4.69, 9.17) is 10.9 Å². The largest absolute Gasteiger partial charge is 0.409 e. The number of nitrogens with zero attached hydrogens (tertiary/aromatic N) is 1. The molecule has 1 saturated carbocycles. The maximum atomic E-state index is 13.9. The highest BCUT2D eigenvalue weighted by molar-refractivity contribution is 5.97. The minimum Gasteiger partial charge on any atom is -0.409 e. The van der Waals surface area contributed by atoms with Gasteiger partial charge in [-0.05, 0) is 31.7 Å². The second kappa shape index (κ2) is 5.57. The number of nitrogens with one attached hydrogen (secondary N) is 1. The summed E-state index contributed by atoms with van der Waals surface area (Å²) in [6.07, 6.45) is 4.63. The van der Waals surface area contributed by atoms with Gasteiger partial charge < -0.3 is 16.3 Å². The molecule has 0 bridgehead atoms. The van der Waals surface area contributed by atoms with Crippen molar-refractivity contribution in [2.24, 2.45) is 10.9 Å². The summed E-state index contributed by atoms with van der Waals surface area (Å²) in [7, 11) is 0. The number of hydrogen-bond donors (Lipinski definition) is 3. The van der Waals surface area contributed by atoms with Crippen LogP contribution in [0.15, 0.2) is 23.4 Å². The Labute approximate surface area is 112 Å². The topological polar surface area (TPSA) is 70.6 Å².